The smallest absolute Gasteiger partial charge is 0.407 e. The summed E-state index contributed by atoms with van der Waals surface area (Å²) in [6.45, 7) is 2.50. The van der Waals surface area contributed by atoms with Crippen molar-refractivity contribution in [1.82, 2.24) is 10.2 Å². The summed E-state index contributed by atoms with van der Waals surface area (Å²) in [5.41, 5.74) is -0.0761. The average Bonchev–Trinajstić information content (AvgIpc) is 2.42. The van der Waals surface area contributed by atoms with Gasteiger partial charge in [-0.25, -0.2) is 9.18 Å². The lowest BCUT2D eigenvalue weighted by molar-refractivity contribution is -0.0243. The number of nitrogens with zero attached hydrogens (tertiary/aromatic N) is 1. The Kier molecular flexibility index (Phi) is 4.04. The van der Waals surface area contributed by atoms with Crippen molar-refractivity contribution < 1.29 is 14.3 Å². The van der Waals surface area contributed by atoms with E-state index < -0.39 is 17.9 Å². The molecular weight excluding hydrogens is 247 g/mol. The maximum atomic E-state index is 14.4. The van der Waals surface area contributed by atoms with E-state index >= 15 is 0 Å². The maximum absolute atomic E-state index is 14.4. The van der Waals surface area contributed by atoms with Gasteiger partial charge in [0.1, 0.15) is 0 Å². The number of rotatable bonds is 3. The number of carbonyl (C=O) groups is 1. The first-order chi connectivity index (χ1) is 9.10. The Morgan fingerprint density at radius 2 is 2.21 bits per heavy atom. The van der Waals surface area contributed by atoms with Gasteiger partial charge in [0.05, 0.1) is 5.54 Å². The van der Waals surface area contributed by atoms with E-state index in [1.807, 2.05) is 37.3 Å². The van der Waals surface area contributed by atoms with Gasteiger partial charge in [0.15, 0.2) is 6.30 Å². The van der Waals surface area contributed by atoms with Crippen molar-refractivity contribution in [2.75, 3.05) is 13.1 Å². The zero-order valence-corrected chi connectivity index (χ0v) is 11.0. The summed E-state index contributed by atoms with van der Waals surface area (Å²) in [5, 5.41) is 12.1. The molecule has 0 radical (unpaired) electrons. The molecule has 0 bridgehead atoms. The van der Waals surface area contributed by atoms with Crippen LogP contribution in [0.25, 0.3) is 0 Å². The fourth-order valence-electron chi connectivity index (χ4n) is 2.77. The average molecular weight is 266 g/mol. The van der Waals surface area contributed by atoms with Gasteiger partial charge in [0.25, 0.3) is 0 Å². The molecule has 1 aliphatic rings. The SMILES string of the molecule is CCC1(Cc2ccccc2)C(F)NCCN1C(=O)O. The van der Waals surface area contributed by atoms with Gasteiger partial charge < -0.3 is 5.11 Å². The summed E-state index contributed by atoms with van der Waals surface area (Å²) in [6.07, 6.45) is -1.59. The molecule has 2 unspecified atom stereocenters. The van der Waals surface area contributed by atoms with Gasteiger partial charge in [0, 0.05) is 19.5 Å². The summed E-state index contributed by atoms with van der Waals surface area (Å²) in [6, 6.07) is 9.46. The molecule has 1 heterocycles. The van der Waals surface area contributed by atoms with Gasteiger partial charge in [-0.3, -0.25) is 10.2 Å². The van der Waals surface area contributed by atoms with E-state index in [-0.39, 0.29) is 0 Å². The molecule has 1 saturated heterocycles. The molecule has 104 valence electrons. The van der Waals surface area contributed by atoms with Crippen LogP contribution in [-0.4, -0.2) is 41.0 Å². The second kappa shape index (κ2) is 5.57. The largest absolute Gasteiger partial charge is 0.465 e. The van der Waals surface area contributed by atoms with Crippen molar-refractivity contribution >= 4 is 6.09 Å². The number of hydrogen-bond acceptors (Lipinski definition) is 2. The first kappa shape index (κ1) is 13.8. The molecule has 0 aliphatic carbocycles. The standard InChI is InChI=1S/C14H19FN2O2/c1-2-14(10-11-6-4-3-5-7-11)12(15)16-8-9-17(14)13(18)19/h3-7,12,16H,2,8-10H2,1H3,(H,18,19). The van der Waals surface area contributed by atoms with Crippen molar-refractivity contribution in [3.8, 4) is 0 Å². The molecule has 1 aromatic rings. The van der Waals surface area contributed by atoms with E-state index in [9.17, 15) is 14.3 Å². The Balaban J connectivity index is 2.33. The Hall–Kier alpha value is -1.62. The van der Waals surface area contributed by atoms with Crippen LogP contribution in [0, 0.1) is 0 Å². The summed E-state index contributed by atoms with van der Waals surface area (Å²) in [4.78, 5) is 12.6. The normalized spacial score (nSPS) is 27.3. The van der Waals surface area contributed by atoms with E-state index in [0.29, 0.717) is 25.9 Å². The number of piperazine rings is 1. The molecule has 1 aliphatic heterocycles. The van der Waals surface area contributed by atoms with Crippen molar-refractivity contribution in [2.45, 2.75) is 31.6 Å². The van der Waals surface area contributed by atoms with Gasteiger partial charge in [0.2, 0.25) is 0 Å². The number of halogens is 1. The summed E-state index contributed by atoms with van der Waals surface area (Å²) >= 11 is 0. The van der Waals surface area contributed by atoms with Crippen LogP contribution in [0.15, 0.2) is 30.3 Å². The third-order valence-corrected chi connectivity index (χ3v) is 3.86. The predicted octanol–water partition coefficient (Wildman–Crippen LogP) is 2.26. The van der Waals surface area contributed by atoms with E-state index in [0.717, 1.165) is 5.56 Å². The van der Waals surface area contributed by atoms with Crippen LogP contribution in [0.2, 0.25) is 0 Å². The van der Waals surface area contributed by atoms with Crippen molar-refractivity contribution in [3.05, 3.63) is 35.9 Å². The van der Waals surface area contributed by atoms with Crippen LogP contribution in [0.5, 0.6) is 0 Å². The van der Waals surface area contributed by atoms with Gasteiger partial charge in [-0.1, -0.05) is 37.3 Å². The molecule has 0 spiro atoms. The summed E-state index contributed by atoms with van der Waals surface area (Å²) in [7, 11) is 0. The molecule has 1 fully saturated rings. The number of nitrogens with one attached hydrogen (secondary N) is 1. The van der Waals surface area contributed by atoms with E-state index in [1.54, 1.807) is 0 Å². The quantitative estimate of drug-likeness (QED) is 0.825. The lowest BCUT2D eigenvalue weighted by atomic mass is 9.84. The molecule has 0 saturated carbocycles. The first-order valence-corrected chi connectivity index (χ1v) is 6.52. The molecule has 1 aromatic carbocycles. The topological polar surface area (TPSA) is 52.6 Å². The number of alkyl halides is 1. The molecule has 2 rings (SSSR count). The molecular formula is C14H19FN2O2. The second-order valence-corrected chi connectivity index (χ2v) is 4.87. The van der Waals surface area contributed by atoms with E-state index in [1.165, 1.54) is 4.90 Å². The van der Waals surface area contributed by atoms with Crippen LogP contribution in [-0.2, 0) is 6.42 Å². The minimum absolute atomic E-state index is 0.316. The molecule has 2 N–H and O–H groups in total. The Labute approximate surface area is 112 Å². The van der Waals surface area contributed by atoms with Crippen molar-refractivity contribution in [1.29, 1.82) is 0 Å². The van der Waals surface area contributed by atoms with Crippen LogP contribution in [0.1, 0.15) is 18.9 Å². The Morgan fingerprint density at radius 3 is 2.79 bits per heavy atom. The lowest BCUT2D eigenvalue weighted by Gasteiger charge is -2.47. The third-order valence-electron chi connectivity index (χ3n) is 3.86. The third kappa shape index (κ3) is 2.56. The number of carboxylic acid groups (broad SMARTS) is 1. The number of benzene rings is 1. The highest BCUT2D eigenvalue weighted by Crippen LogP contribution is 2.31. The van der Waals surface area contributed by atoms with E-state index in [4.69, 9.17) is 0 Å². The summed E-state index contributed by atoms with van der Waals surface area (Å²) < 4.78 is 14.4. The predicted molar refractivity (Wildman–Crippen MR) is 70.8 cm³/mol. The molecule has 4 nitrogen and oxygen atoms in total. The van der Waals surface area contributed by atoms with Crippen LogP contribution < -0.4 is 5.32 Å². The molecule has 19 heavy (non-hydrogen) atoms. The molecule has 0 aromatic heterocycles. The zero-order valence-electron chi connectivity index (χ0n) is 11.0. The fraction of sp³-hybridized carbons (Fsp3) is 0.500. The van der Waals surface area contributed by atoms with E-state index in [2.05, 4.69) is 5.32 Å². The molecule has 1 amide bonds. The minimum Gasteiger partial charge on any atom is -0.465 e. The zero-order chi connectivity index (χ0) is 13.9. The molecule has 2 atom stereocenters. The molecule has 5 heteroatoms. The highest BCUT2D eigenvalue weighted by atomic mass is 19.1. The Morgan fingerprint density at radius 1 is 1.53 bits per heavy atom. The minimum atomic E-state index is -1.34. The highest BCUT2D eigenvalue weighted by molar-refractivity contribution is 5.66. The monoisotopic (exact) mass is 266 g/mol. The van der Waals surface area contributed by atoms with Crippen LogP contribution >= 0.6 is 0 Å². The van der Waals surface area contributed by atoms with Crippen molar-refractivity contribution in [2.24, 2.45) is 0 Å². The van der Waals surface area contributed by atoms with Gasteiger partial charge in [-0.2, -0.15) is 0 Å². The highest BCUT2D eigenvalue weighted by Gasteiger charge is 2.48. The summed E-state index contributed by atoms with van der Waals surface area (Å²) in [5.74, 6) is 0. The van der Waals surface area contributed by atoms with Gasteiger partial charge in [-0.15, -0.1) is 0 Å². The van der Waals surface area contributed by atoms with Gasteiger partial charge >= 0.3 is 6.09 Å². The van der Waals surface area contributed by atoms with Crippen molar-refractivity contribution in [3.63, 3.8) is 0 Å². The van der Waals surface area contributed by atoms with Crippen LogP contribution in [0.3, 0.4) is 0 Å². The number of amides is 1. The lowest BCUT2D eigenvalue weighted by Crippen LogP contribution is -2.67. The number of hydrogen-bond donors (Lipinski definition) is 2. The Bertz CT molecular complexity index is 440. The maximum Gasteiger partial charge on any atom is 0.407 e. The van der Waals surface area contributed by atoms with Gasteiger partial charge in [-0.05, 0) is 12.0 Å². The first-order valence-electron chi connectivity index (χ1n) is 6.52. The fourth-order valence-corrected chi connectivity index (χ4v) is 2.77. The second-order valence-electron chi connectivity index (χ2n) is 4.87. The van der Waals surface area contributed by atoms with Crippen LogP contribution in [0.4, 0.5) is 9.18 Å².